The molecule has 3 nitrogen and oxygen atoms in total. The smallest absolute Gasteiger partial charge is 0.308 e. The minimum absolute atomic E-state index is 0.0648. The molecule has 0 aliphatic heterocycles. The van der Waals surface area contributed by atoms with E-state index in [-0.39, 0.29) is 23.6 Å². The van der Waals surface area contributed by atoms with Gasteiger partial charge in [0, 0.05) is 6.42 Å². The molecule has 0 amide bonds. The number of Topliss-reactive ketones (excluding diaryl/α,β-unsaturated/α-hetero) is 1. The third-order valence-corrected chi connectivity index (χ3v) is 2.04. The summed E-state index contributed by atoms with van der Waals surface area (Å²) in [6, 6.07) is 0. The van der Waals surface area contributed by atoms with E-state index in [9.17, 15) is 9.59 Å². The number of hydrogen-bond acceptors (Lipinski definition) is 3. The zero-order valence-corrected chi connectivity index (χ0v) is 8.09. The summed E-state index contributed by atoms with van der Waals surface area (Å²) in [4.78, 5) is 21.7. The molecule has 3 heteroatoms. The second-order valence-electron chi connectivity index (χ2n) is 3.20. The van der Waals surface area contributed by atoms with E-state index in [0.717, 1.165) is 0 Å². The Hall–Kier alpha value is -0.860. The van der Waals surface area contributed by atoms with Gasteiger partial charge in [0.2, 0.25) is 0 Å². The van der Waals surface area contributed by atoms with Crippen molar-refractivity contribution in [2.45, 2.75) is 27.2 Å². The summed E-state index contributed by atoms with van der Waals surface area (Å²) < 4.78 is 4.56. The van der Waals surface area contributed by atoms with Gasteiger partial charge in [0.15, 0.2) is 0 Å². The van der Waals surface area contributed by atoms with Crippen molar-refractivity contribution in [3.8, 4) is 0 Å². The van der Waals surface area contributed by atoms with Gasteiger partial charge < -0.3 is 9.53 Å². The second-order valence-corrected chi connectivity index (χ2v) is 3.20. The SMILES string of the molecule is COC(=O)[C@H](C)[C@@H](C)CC(C)=O. The second kappa shape index (κ2) is 4.91. The number of ketones is 1. The van der Waals surface area contributed by atoms with Gasteiger partial charge in [0.25, 0.3) is 0 Å². The first kappa shape index (κ1) is 11.1. The number of carbonyl (C=O) groups is 2. The number of esters is 1. The first-order valence-corrected chi connectivity index (χ1v) is 4.06. The molecule has 0 saturated heterocycles. The number of methoxy groups -OCH3 is 1. The zero-order valence-electron chi connectivity index (χ0n) is 8.09. The summed E-state index contributed by atoms with van der Waals surface area (Å²) in [6.45, 7) is 5.18. The van der Waals surface area contributed by atoms with Crippen LogP contribution in [0.3, 0.4) is 0 Å². The van der Waals surface area contributed by atoms with Gasteiger partial charge in [-0.05, 0) is 12.8 Å². The summed E-state index contributed by atoms with van der Waals surface area (Å²) in [5.41, 5.74) is 0. The van der Waals surface area contributed by atoms with Gasteiger partial charge in [0.1, 0.15) is 5.78 Å². The predicted molar refractivity (Wildman–Crippen MR) is 45.6 cm³/mol. The fourth-order valence-electron chi connectivity index (χ4n) is 1.05. The van der Waals surface area contributed by atoms with Crippen molar-refractivity contribution in [1.29, 1.82) is 0 Å². The number of carbonyl (C=O) groups excluding carboxylic acids is 2. The van der Waals surface area contributed by atoms with Crippen molar-refractivity contribution in [2.75, 3.05) is 7.11 Å². The van der Waals surface area contributed by atoms with Crippen molar-refractivity contribution < 1.29 is 14.3 Å². The van der Waals surface area contributed by atoms with Crippen LogP contribution in [0.2, 0.25) is 0 Å². The van der Waals surface area contributed by atoms with Gasteiger partial charge in [-0.15, -0.1) is 0 Å². The van der Waals surface area contributed by atoms with Crippen LogP contribution in [0.15, 0.2) is 0 Å². The highest BCUT2D eigenvalue weighted by atomic mass is 16.5. The summed E-state index contributed by atoms with van der Waals surface area (Å²) in [5, 5.41) is 0. The van der Waals surface area contributed by atoms with E-state index in [1.165, 1.54) is 14.0 Å². The fraction of sp³-hybridized carbons (Fsp3) is 0.778. The molecule has 0 aromatic carbocycles. The Kier molecular flexibility index (Phi) is 4.55. The molecule has 0 radical (unpaired) electrons. The van der Waals surface area contributed by atoms with Gasteiger partial charge in [0.05, 0.1) is 13.0 Å². The molecule has 0 saturated carbocycles. The average molecular weight is 172 g/mol. The fourth-order valence-corrected chi connectivity index (χ4v) is 1.05. The van der Waals surface area contributed by atoms with Crippen LogP contribution in [0.5, 0.6) is 0 Å². The number of rotatable bonds is 4. The van der Waals surface area contributed by atoms with Gasteiger partial charge in [-0.3, -0.25) is 4.79 Å². The average Bonchev–Trinajstić information content (AvgIpc) is 2.00. The highest BCUT2D eigenvalue weighted by molar-refractivity contribution is 5.77. The van der Waals surface area contributed by atoms with Gasteiger partial charge in [-0.1, -0.05) is 13.8 Å². The van der Waals surface area contributed by atoms with E-state index in [2.05, 4.69) is 4.74 Å². The lowest BCUT2D eigenvalue weighted by molar-refractivity contribution is -0.146. The van der Waals surface area contributed by atoms with Crippen LogP contribution >= 0.6 is 0 Å². The Morgan fingerprint density at radius 2 is 1.83 bits per heavy atom. The Bertz CT molecular complexity index is 175. The molecule has 0 unspecified atom stereocenters. The van der Waals surface area contributed by atoms with Crippen LogP contribution < -0.4 is 0 Å². The van der Waals surface area contributed by atoms with Gasteiger partial charge in [-0.2, -0.15) is 0 Å². The molecule has 70 valence electrons. The number of ether oxygens (including phenoxy) is 1. The first-order chi connectivity index (χ1) is 5.49. The minimum atomic E-state index is -0.247. The van der Waals surface area contributed by atoms with Crippen LogP contribution in [0.1, 0.15) is 27.2 Å². The Labute approximate surface area is 73.1 Å². The number of hydrogen-bond donors (Lipinski definition) is 0. The van der Waals surface area contributed by atoms with Gasteiger partial charge >= 0.3 is 5.97 Å². The predicted octanol–water partition coefficient (Wildman–Crippen LogP) is 1.41. The van der Waals surface area contributed by atoms with E-state index in [4.69, 9.17) is 0 Å². The molecule has 12 heavy (non-hydrogen) atoms. The van der Waals surface area contributed by atoms with Crippen LogP contribution in [0.4, 0.5) is 0 Å². The minimum Gasteiger partial charge on any atom is -0.469 e. The molecule has 0 rings (SSSR count). The molecule has 0 aromatic rings. The molecule has 0 spiro atoms. The van der Waals surface area contributed by atoms with Crippen LogP contribution in [0, 0.1) is 11.8 Å². The molecule has 0 N–H and O–H groups in total. The van der Waals surface area contributed by atoms with Crippen molar-refractivity contribution >= 4 is 11.8 Å². The molecule has 0 aromatic heterocycles. The maximum absolute atomic E-state index is 11.0. The summed E-state index contributed by atoms with van der Waals surface area (Å²) in [6.07, 6.45) is 0.441. The van der Waals surface area contributed by atoms with Crippen molar-refractivity contribution in [1.82, 2.24) is 0 Å². The summed E-state index contributed by atoms with van der Waals surface area (Å²) in [7, 11) is 1.36. The van der Waals surface area contributed by atoms with E-state index >= 15 is 0 Å². The molecule has 0 aliphatic carbocycles. The topological polar surface area (TPSA) is 43.4 Å². The largest absolute Gasteiger partial charge is 0.469 e. The highest BCUT2D eigenvalue weighted by Crippen LogP contribution is 2.16. The summed E-state index contributed by atoms with van der Waals surface area (Å²) in [5.74, 6) is -0.268. The molecule has 0 bridgehead atoms. The van der Waals surface area contributed by atoms with E-state index in [0.29, 0.717) is 6.42 Å². The Morgan fingerprint density at radius 1 is 1.33 bits per heavy atom. The standard InChI is InChI=1S/C9H16O3/c1-6(5-7(2)10)8(3)9(11)12-4/h6,8H,5H2,1-4H3/t6-,8+/m0/s1. The maximum atomic E-state index is 11.0. The van der Waals surface area contributed by atoms with Crippen LogP contribution in [-0.2, 0) is 14.3 Å². The molecular formula is C9H16O3. The van der Waals surface area contributed by atoms with Crippen LogP contribution in [-0.4, -0.2) is 18.9 Å². The Morgan fingerprint density at radius 3 is 2.17 bits per heavy atom. The lowest BCUT2D eigenvalue weighted by atomic mass is 9.91. The summed E-state index contributed by atoms with van der Waals surface area (Å²) >= 11 is 0. The Balaban J connectivity index is 4.00. The lowest BCUT2D eigenvalue weighted by Crippen LogP contribution is -2.21. The van der Waals surface area contributed by atoms with E-state index < -0.39 is 0 Å². The van der Waals surface area contributed by atoms with Crippen molar-refractivity contribution in [3.63, 3.8) is 0 Å². The lowest BCUT2D eigenvalue weighted by Gasteiger charge is -2.15. The molecule has 0 fully saturated rings. The third-order valence-electron chi connectivity index (χ3n) is 2.04. The zero-order chi connectivity index (χ0) is 9.72. The van der Waals surface area contributed by atoms with Gasteiger partial charge in [-0.25, -0.2) is 0 Å². The molecule has 0 heterocycles. The monoisotopic (exact) mass is 172 g/mol. The van der Waals surface area contributed by atoms with E-state index in [1.54, 1.807) is 6.92 Å². The molecule has 0 aliphatic rings. The molecular weight excluding hydrogens is 156 g/mol. The van der Waals surface area contributed by atoms with E-state index in [1.807, 2.05) is 6.92 Å². The first-order valence-electron chi connectivity index (χ1n) is 4.06. The molecule has 2 atom stereocenters. The van der Waals surface area contributed by atoms with Crippen molar-refractivity contribution in [3.05, 3.63) is 0 Å². The normalized spacial score (nSPS) is 15.0. The highest BCUT2D eigenvalue weighted by Gasteiger charge is 2.21. The van der Waals surface area contributed by atoms with Crippen LogP contribution in [0.25, 0.3) is 0 Å². The maximum Gasteiger partial charge on any atom is 0.308 e. The van der Waals surface area contributed by atoms with Crippen molar-refractivity contribution in [2.24, 2.45) is 11.8 Å². The quantitative estimate of drug-likeness (QED) is 0.602. The third kappa shape index (κ3) is 3.51.